The van der Waals surface area contributed by atoms with Crippen molar-refractivity contribution in [2.75, 3.05) is 19.9 Å². The van der Waals surface area contributed by atoms with Gasteiger partial charge in [0.05, 0.1) is 20.6 Å². The van der Waals surface area contributed by atoms with Gasteiger partial charge in [-0.15, -0.1) is 0 Å². The van der Waals surface area contributed by atoms with E-state index >= 15 is 0 Å². The fourth-order valence-electron chi connectivity index (χ4n) is 3.30. The molecule has 1 fully saturated rings. The van der Waals surface area contributed by atoms with Crippen LogP contribution in [0.4, 0.5) is 13.2 Å². The molecule has 1 radical (unpaired) electrons. The van der Waals surface area contributed by atoms with E-state index in [1.165, 1.54) is 56.3 Å². The molecule has 1 aliphatic rings. The number of ether oxygens (including phenoxy) is 2. The monoisotopic (exact) mass is 373 g/mol. The highest BCUT2D eigenvalue weighted by Crippen LogP contribution is 2.31. The molecule has 1 aromatic carbocycles. The van der Waals surface area contributed by atoms with E-state index in [1.807, 2.05) is 0 Å². The number of hydrogen-bond donors (Lipinski definition) is 0. The third-order valence-corrected chi connectivity index (χ3v) is 7.44. The van der Waals surface area contributed by atoms with Crippen LogP contribution in [0.25, 0.3) is 0 Å². The second kappa shape index (κ2) is 10.2. The van der Waals surface area contributed by atoms with E-state index in [4.69, 9.17) is 9.47 Å². The zero-order chi connectivity index (χ0) is 18.1. The molecule has 0 bridgehead atoms. The fraction of sp³-hybridized carbons (Fsp3) is 0.684. The molecule has 1 heterocycles. The normalized spacial score (nSPS) is 17.0. The minimum absolute atomic E-state index is 0.519. The second-order valence-corrected chi connectivity index (χ2v) is 9.63. The Morgan fingerprint density at radius 1 is 1.04 bits per heavy atom. The molecule has 1 saturated heterocycles. The Balaban J connectivity index is 1.62. The van der Waals surface area contributed by atoms with Crippen molar-refractivity contribution >= 4 is 8.80 Å². The average Bonchev–Trinajstić information content (AvgIpc) is 2.60. The molecule has 0 spiro atoms. The molecule has 0 aliphatic carbocycles. The average molecular weight is 374 g/mol. The molecule has 2 nitrogen and oxygen atoms in total. The summed E-state index contributed by atoms with van der Waals surface area (Å²) in [5.41, 5.74) is -0.625. The van der Waals surface area contributed by atoms with Gasteiger partial charge in [-0.1, -0.05) is 44.2 Å². The lowest BCUT2D eigenvalue weighted by Gasteiger charge is -2.27. The number of methoxy groups -OCH3 is 1. The van der Waals surface area contributed by atoms with E-state index in [1.54, 1.807) is 7.11 Å². The number of hydrogen-bond acceptors (Lipinski definition) is 2. The Morgan fingerprint density at radius 2 is 1.72 bits per heavy atom. The van der Waals surface area contributed by atoms with Crippen LogP contribution in [0.2, 0.25) is 12.1 Å². The lowest BCUT2D eigenvalue weighted by Crippen LogP contribution is -2.28. The van der Waals surface area contributed by atoms with Crippen molar-refractivity contribution in [2.45, 2.75) is 56.8 Å². The molecule has 0 amide bonds. The molecule has 1 aliphatic heterocycles. The van der Waals surface area contributed by atoms with Gasteiger partial charge < -0.3 is 9.47 Å². The van der Waals surface area contributed by atoms with Crippen LogP contribution in [0.1, 0.15) is 44.1 Å². The molecular formula is C19H28F3O2Si. The number of halogens is 3. The predicted octanol–water partition coefficient (Wildman–Crippen LogP) is 5.74. The number of alkyl halides is 3. The van der Waals surface area contributed by atoms with E-state index in [0.717, 1.165) is 31.1 Å². The predicted molar refractivity (Wildman–Crippen MR) is 95.4 cm³/mol. The first kappa shape index (κ1) is 20.3. The maximum Gasteiger partial charge on any atom is 0.416 e. The lowest BCUT2D eigenvalue weighted by atomic mass is 9.95. The molecule has 0 saturated carbocycles. The number of unbranched alkanes of at least 4 members (excludes halogenated alkanes) is 2. The molecule has 0 aromatic heterocycles. The maximum atomic E-state index is 12.5. The van der Waals surface area contributed by atoms with Gasteiger partial charge in [0.2, 0.25) is 0 Å². The van der Waals surface area contributed by atoms with Crippen molar-refractivity contribution in [2.24, 2.45) is 5.92 Å². The molecule has 6 heteroatoms. The summed E-state index contributed by atoms with van der Waals surface area (Å²) < 4.78 is 48.4. The Hall–Kier alpha value is -1.01. The van der Waals surface area contributed by atoms with Gasteiger partial charge in [0.1, 0.15) is 5.75 Å². The van der Waals surface area contributed by atoms with E-state index in [9.17, 15) is 13.2 Å². The largest absolute Gasteiger partial charge is 0.497 e. The number of benzene rings is 1. The van der Waals surface area contributed by atoms with Crippen LogP contribution in [-0.4, -0.2) is 28.7 Å². The summed E-state index contributed by atoms with van der Waals surface area (Å²) in [5.74, 6) is 1.40. The number of rotatable bonds is 9. The molecule has 1 aromatic rings. The van der Waals surface area contributed by atoms with Crippen LogP contribution in [-0.2, 0) is 10.9 Å². The van der Waals surface area contributed by atoms with Gasteiger partial charge in [0.25, 0.3) is 0 Å². The first-order chi connectivity index (χ1) is 12.0. The SMILES string of the molecule is COCCCCCC1CC[Si](COc2ccc(C(F)(F)F)cc2)CC1. The van der Waals surface area contributed by atoms with Gasteiger partial charge in [-0.25, -0.2) is 0 Å². The van der Waals surface area contributed by atoms with Crippen molar-refractivity contribution < 1.29 is 22.6 Å². The Kier molecular flexibility index (Phi) is 8.29. The summed E-state index contributed by atoms with van der Waals surface area (Å²) in [7, 11) is 1.23. The summed E-state index contributed by atoms with van der Waals surface area (Å²) in [6.45, 7) is 0.860. The third-order valence-electron chi connectivity index (χ3n) is 4.90. The zero-order valence-electron chi connectivity index (χ0n) is 14.9. The third kappa shape index (κ3) is 7.40. The molecule has 2 rings (SSSR count). The van der Waals surface area contributed by atoms with Gasteiger partial charge in [0.15, 0.2) is 0 Å². The van der Waals surface area contributed by atoms with Crippen molar-refractivity contribution in [3.63, 3.8) is 0 Å². The van der Waals surface area contributed by atoms with Crippen molar-refractivity contribution in [3.8, 4) is 5.75 Å². The van der Waals surface area contributed by atoms with Crippen LogP contribution in [0.3, 0.4) is 0 Å². The van der Waals surface area contributed by atoms with Gasteiger partial charge >= 0.3 is 6.18 Å². The van der Waals surface area contributed by atoms with E-state index in [-0.39, 0.29) is 0 Å². The molecule has 141 valence electrons. The van der Waals surface area contributed by atoms with Crippen molar-refractivity contribution in [1.82, 2.24) is 0 Å². The van der Waals surface area contributed by atoms with Crippen molar-refractivity contribution in [3.05, 3.63) is 29.8 Å². The summed E-state index contributed by atoms with van der Waals surface area (Å²) in [6, 6.07) is 7.55. The first-order valence-electron chi connectivity index (χ1n) is 9.11. The van der Waals surface area contributed by atoms with Crippen LogP contribution < -0.4 is 4.74 Å². The highest BCUT2D eigenvalue weighted by molar-refractivity contribution is 6.58. The quantitative estimate of drug-likeness (QED) is 0.406. The molecular weight excluding hydrogens is 345 g/mol. The van der Waals surface area contributed by atoms with Gasteiger partial charge in [-0.2, -0.15) is 13.2 Å². The van der Waals surface area contributed by atoms with Crippen LogP contribution in [0, 0.1) is 5.92 Å². The van der Waals surface area contributed by atoms with Crippen molar-refractivity contribution in [1.29, 1.82) is 0 Å². The molecule has 0 unspecified atom stereocenters. The minimum atomic E-state index is -4.28. The smallest absolute Gasteiger partial charge is 0.416 e. The Morgan fingerprint density at radius 3 is 2.32 bits per heavy atom. The summed E-state index contributed by atoms with van der Waals surface area (Å²) >= 11 is 0. The lowest BCUT2D eigenvalue weighted by molar-refractivity contribution is -0.137. The van der Waals surface area contributed by atoms with Crippen LogP contribution >= 0.6 is 0 Å². The highest BCUT2D eigenvalue weighted by atomic mass is 28.3. The molecule has 0 N–H and O–H groups in total. The Labute approximate surface area is 150 Å². The standard InChI is InChI=1S/C19H28F3O2Si/c1-23-12-4-2-3-5-16-10-13-25(14-11-16)15-24-18-8-6-17(7-9-18)19(20,21)22/h6-9,16H,2-5,10-15H2,1H3. The van der Waals surface area contributed by atoms with Crippen LogP contribution in [0.15, 0.2) is 24.3 Å². The van der Waals surface area contributed by atoms with Gasteiger partial charge in [-0.05, 0) is 36.6 Å². The Bertz CT molecular complexity index is 482. The second-order valence-electron chi connectivity index (χ2n) is 6.85. The molecule has 0 atom stereocenters. The fourth-order valence-corrected chi connectivity index (χ4v) is 5.84. The summed E-state index contributed by atoms with van der Waals surface area (Å²) in [6.07, 6.45) is 4.00. The zero-order valence-corrected chi connectivity index (χ0v) is 15.9. The van der Waals surface area contributed by atoms with E-state index in [0.29, 0.717) is 12.0 Å². The van der Waals surface area contributed by atoms with E-state index < -0.39 is 20.5 Å². The maximum absolute atomic E-state index is 12.5. The van der Waals surface area contributed by atoms with E-state index in [2.05, 4.69) is 0 Å². The van der Waals surface area contributed by atoms with Gasteiger partial charge in [0, 0.05) is 13.7 Å². The van der Waals surface area contributed by atoms with Crippen LogP contribution in [0.5, 0.6) is 5.75 Å². The van der Waals surface area contributed by atoms with Gasteiger partial charge in [-0.3, -0.25) is 0 Å². The summed E-state index contributed by atoms with van der Waals surface area (Å²) in [4.78, 5) is 0. The first-order valence-corrected chi connectivity index (χ1v) is 11.2. The topological polar surface area (TPSA) is 18.5 Å². The summed E-state index contributed by atoms with van der Waals surface area (Å²) in [5, 5.41) is 0. The molecule has 25 heavy (non-hydrogen) atoms. The minimum Gasteiger partial charge on any atom is -0.497 e. The highest BCUT2D eigenvalue weighted by Gasteiger charge is 2.30.